The molecule has 1 atom stereocenters. The third-order valence-corrected chi connectivity index (χ3v) is 2.68. The van der Waals surface area contributed by atoms with Gasteiger partial charge in [0.05, 0.1) is 13.2 Å². The van der Waals surface area contributed by atoms with Gasteiger partial charge in [0.1, 0.15) is 12.2 Å². The molecule has 0 aliphatic rings. The number of rotatable bonds is 9. The number of nitrogens with zero attached hydrogens (tertiary/aromatic N) is 3. The molecule has 0 aliphatic carbocycles. The summed E-state index contributed by atoms with van der Waals surface area (Å²) in [5.41, 5.74) is 0. The van der Waals surface area contributed by atoms with Gasteiger partial charge in [-0.1, -0.05) is 20.3 Å². The lowest BCUT2D eigenvalue weighted by Crippen LogP contribution is -2.33. The van der Waals surface area contributed by atoms with Crippen LogP contribution in [0.5, 0.6) is 0 Å². The summed E-state index contributed by atoms with van der Waals surface area (Å²) in [4.78, 5) is 4.28. The molecule has 0 spiro atoms. The van der Waals surface area contributed by atoms with Crippen LogP contribution in [0.4, 0.5) is 0 Å². The molecule has 1 N–H and O–H groups in total. The highest BCUT2D eigenvalue weighted by Crippen LogP contribution is 2.01. The highest BCUT2D eigenvalue weighted by molar-refractivity contribution is 4.85. The Bertz CT molecular complexity index is 294. The molecule has 0 bridgehead atoms. The Balaban J connectivity index is 2.43. The fourth-order valence-electron chi connectivity index (χ4n) is 1.85. The maximum Gasteiger partial charge on any atom is 0.140 e. The number of methoxy groups -OCH3 is 1. The van der Waals surface area contributed by atoms with Crippen LogP contribution in [0, 0.1) is 0 Å². The highest BCUT2D eigenvalue weighted by Gasteiger charge is 2.09. The fraction of sp³-hybridized carbons (Fsp3) is 0.833. The van der Waals surface area contributed by atoms with Crippen LogP contribution in [-0.2, 0) is 17.8 Å². The van der Waals surface area contributed by atoms with Crippen LogP contribution in [0.1, 0.15) is 38.9 Å². The van der Waals surface area contributed by atoms with E-state index in [9.17, 15) is 0 Å². The van der Waals surface area contributed by atoms with Gasteiger partial charge in [0.15, 0.2) is 0 Å². The van der Waals surface area contributed by atoms with Crippen molar-refractivity contribution in [2.24, 2.45) is 0 Å². The molecule has 1 rings (SSSR count). The van der Waals surface area contributed by atoms with Crippen LogP contribution in [-0.4, -0.2) is 34.5 Å². The van der Waals surface area contributed by atoms with Crippen molar-refractivity contribution < 1.29 is 4.74 Å². The van der Waals surface area contributed by atoms with E-state index >= 15 is 0 Å². The van der Waals surface area contributed by atoms with Crippen LogP contribution in [0.3, 0.4) is 0 Å². The Morgan fingerprint density at radius 1 is 1.41 bits per heavy atom. The van der Waals surface area contributed by atoms with Crippen LogP contribution >= 0.6 is 0 Å². The van der Waals surface area contributed by atoms with Gasteiger partial charge < -0.3 is 10.1 Å². The summed E-state index contributed by atoms with van der Waals surface area (Å²) in [6, 6.07) is 0.400. The SMILES string of the molecule is CCCC(COC)NCc1ncnn1CCC. The van der Waals surface area contributed by atoms with Crippen molar-refractivity contribution in [1.82, 2.24) is 20.1 Å². The molecule has 0 aromatic carbocycles. The summed E-state index contributed by atoms with van der Waals surface area (Å²) >= 11 is 0. The number of nitrogens with one attached hydrogen (secondary N) is 1. The predicted molar refractivity (Wildman–Crippen MR) is 67.7 cm³/mol. The van der Waals surface area contributed by atoms with Crippen molar-refractivity contribution in [1.29, 1.82) is 0 Å². The first-order valence-corrected chi connectivity index (χ1v) is 6.40. The molecule has 1 aromatic rings. The van der Waals surface area contributed by atoms with Gasteiger partial charge >= 0.3 is 0 Å². The van der Waals surface area contributed by atoms with Crippen molar-refractivity contribution in [2.75, 3.05) is 13.7 Å². The molecule has 0 fully saturated rings. The minimum Gasteiger partial charge on any atom is -0.383 e. The van der Waals surface area contributed by atoms with Crippen LogP contribution in [0.15, 0.2) is 6.33 Å². The first-order valence-electron chi connectivity index (χ1n) is 6.40. The number of hydrogen-bond donors (Lipinski definition) is 1. The largest absolute Gasteiger partial charge is 0.383 e. The van der Waals surface area contributed by atoms with E-state index in [4.69, 9.17) is 4.74 Å². The molecule has 1 heterocycles. The Kier molecular flexibility index (Phi) is 6.81. The second kappa shape index (κ2) is 8.20. The first-order chi connectivity index (χ1) is 8.31. The molecule has 0 saturated heterocycles. The molecular weight excluding hydrogens is 216 g/mol. The van der Waals surface area contributed by atoms with E-state index in [1.807, 2.05) is 4.68 Å². The first kappa shape index (κ1) is 14.1. The molecule has 0 saturated carbocycles. The summed E-state index contributed by atoms with van der Waals surface area (Å²) in [7, 11) is 1.74. The number of hydrogen-bond acceptors (Lipinski definition) is 4. The van der Waals surface area contributed by atoms with Gasteiger partial charge in [-0.2, -0.15) is 5.10 Å². The summed E-state index contributed by atoms with van der Waals surface area (Å²) in [5.74, 6) is 1.00. The second-order valence-corrected chi connectivity index (χ2v) is 4.22. The lowest BCUT2D eigenvalue weighted by Gasteiger charge is -2.16. The monoisotopic (exact) mass is 240 g/mol. The van der Waals surface area contributed by atoms with E-state index in [-0.39, 0.29) is 0 Å². The van der Waals surface area contributed by atoms with Gasteiger partial charge in [-0.05, 0) is 12.8 Å². The Labute approximate surface area is 104 Å². The topological polar surface area (TPSA) is 52.0 Å². The minimum absolute atomic E-state index is 0.400. The quantitative estimate of drug-likeness (QED) is 0.712. The molecule has 5 nitrogen and oxygen atoms in total. The number of aromatic nitrogens is 3. The van der Waals surface area contributed by atoms with Gasteiger partial charge in [0, 0.05) is 19.7 Å². The normalized spacial score (nSPS) is 12.9. The average Bonchev–Trinajstić information content (AvgIpc) is 2.75. The van der Waals surface area contributed by atoms with Crippen LogP contribution in [0.2, 0.25) is 0 Å². The average molecular weight is 240 g/mol. The summed E-state index contributed by atoms with van der Waals surface area (Å²) in [6.45, 7) is 6.76. The van der Waals surface area contributed by atoms with Crippen molar-refractivity contribution >= 4 is 0 Å². The molecule has 98 valence electrons. The molecule has 1 aromatic heterocycles. The van der Waals surface area contributed by atoms with Crippen LogP contribution < -0.4 is 5.32 Å². The van der Waals surface area contributed by atoms with Gasteiger partial charge in [0.2, 0.25) is 0 Å². The Morgan fingerprint density at radius 3 is 2.88 bits per heavy atom. The standard InChI is InChI=1S/C12H24N4O/c1-4-6-11(9-17-3)13-8-12-14-10-15-16(12)7-5-2/h10-11,13H,4-9H2,1-3H3. The van der Waals surface area contributed by atoms with Gasteiger partial charge in [-0.15, -0.1) is 0 Å². The molecule has 1 unspecified atom stereocenters. The van der Waals surface area contributed by atoms with E-state index in [1.165, 1.54) is 0 Å². The Morgan fingerprint density at radius 2 is 2.24 bits per heavy atom. The molecule has 5 heteroatoms. The smallest absolute Gasteiger partial charge is 0.140 e. The number of ether oxygens (including phenoxy) is 1. The predicted octanol–water partition coefficient (Wildman–Crippen LogP) is 1.59. The van der Waals surface area contributed by atoms with E-state index < -0.39 is 0 Å². The Hall–Kier alpha value is -0.940. The second-order valence-electron chi connectivity index (χ2n) is 4.22. The zero-order valence-corrected chi connectivity index (χ0v) is 11.1. The lowest BCUT2D eigenvalue weighted by molar-refractivity contribution is 0.160. The van der Waals surface area contributed by atoms with Crippen LogP contribution in [0.25, 0.3) is 0 Å². The van der Waals surface area contributed by atoms with Crippen molar-refractivity contribution in [3.05, 3.63) is 12.2 Å². The van der Waals surface area contributed by atoms with E-state index in [1.54, 1.807) is 13.4 Å². The summed E-state index contributed by atoms with van der Waals surface area (Å²) < 4.78 is 7.16. The van der Waals surface area contributed by atoms with Gasteiger partial charge in [-0.25, -0.2) is 9.67 Å². The van der Waals surface area contributed by atoms with Crippen molar-refractivity contribution in [2.45, 2.75) is 52.2 Å². The van der Waals surface area contributed by atoms with E-state index in [0.717, 1.165) is 44.8 Å². The van der Waals surface area contributed by atoms with Gasteiger partial charge in [0.25, 0.3) is 0 Å². The third-order valence-electron chi connectivity index (χ3n) is 2.68. The molecule has 0 radical (unpaired) electrons. The minimum atomic E-state index is 0.400. The van der Waals surface area contributed by atoms with E-state index in [0.29, 0.717) is 6.04 Å². The van der Waals surface area contributed by atoms with E-state index in [2.05, 4.69) is 29.2 Å². The maximum atomic E-state index is 5.20. The highest BCUT2D eigenvalue weighted by atomic mass is 16.5. The van der Waals surface area contributed by atoms with Gasteiger partial charge in [-0.3, -0.25) is 0 Å². The number of aryl methyl sites for hydroxylation is 1. The third kappa shape index (κ3) is 4.83. The molecular formula is C12H24N4O. The molecule has 0 aliphatic heterocycles. The summed E-state index contributed by atoms with van der Waals surface area (Å²) in [5, 5.41) is 7.68. The fourth-order valence-corrected chi connectivity index (χ4v) is 1.85. The maximum absolute atomic E-state index is 5.20. The lowest BCUT2D eigenvalue weighted by atomic mass is 10.2. The zero-order chi connectivity index (χ0) is 12.5. The molecule has 0 amide bonds. The summed E-state index contributed by atoms with van der Waals surface area (Å²) in [6.07, 6.45) is 4.98. The van der Waals surface area contributed by atoms with Crippen molar-refractivity contribution in [3.8, 4) is 0 Å². The zero-order valence-electron chi connectivity index (χ0n) is 11.1. The van der Waals surface area contributed by atoms with Crippen molar-refractivity contribution in [3.63, 3.8) is 0 Å². The molecule has 17 heavy (non-hydrogen) atoms.